The average molecular weight is 397 g/mol. The molecule has 2 aliphatic heterocycles. The molecule has 1 atom stereocenters. The molecule has 3 rings (SSSR count). The summed E-state index contributed by atoms with van der Waals surface area (Å²) in [4.78, 5) is 4.68. The van der Waals surface area contributed by atoms with Gasteiger partial charge in [-0.2, -0.15) is 0 Å². The molecule has 116 valence electrons. The van der Waals surface area contributed by atoms with Crippen LogP contribution in [0.1, 0.15) is 24.6 Å². The third-order valence-electron chi connectivity index (χ3n) is 4.17. The van der Waals surface area contributed by atoms with Crippen LogP contribution in [-0.2, 0) is 10.3 Å². The number of aliphatic imine (C=N–C) groups is 1. The number of thioether (sulfide) groups is 1. The molecule has 8 heteroatoms. The molecule has 0 aliphatic carbocycles. The summed E-state index contributed by atoms with van der Waals surface area (Å²) in [7, 11) is 0. The summed E-state index contributed by atoms with van der Waals surface area (Å²) in [6.07, 6.45) is 0.562. The molecule has 1 aromatic heterocycles. The summed E-state index contributed by atoms with van der Waals surface area (Å²) in [5, 5.41) is 2.02. The van der Waals surface area contributed by atoms with Gasteiger partial charge in [-0.05, 0) is 41.8 Å². The summed E-state index contributed by atoms with van der Waals surface area (Å²) in [5.41, 5.74) is 4.28. The van der Waals surface area contributed by atoms with Crippen LogP contribution in [0.4, 0.5) is 8.78 Å². The van der Waals surface area contributed by atoms with Gasteiger partial charge in [0.2, 0.25) is 0 Å². The fraction of sp³-hybridized carbons (Fsp3) is 0.615. The number of thiophene rings is 1. The maximum absolute atomic E-state index is 15.4. The Morgan fingerprint density at radius 2 is 2.05 bits per heavy atom. The fourth-order valence-corrected chi connectivity index (χ4v) is 5.81. The molecule has 3 heterocycles. The minimum absolute atomic E-state index is 0.231. The minimum atomic E-state index is -3.00. The van der Waals surface area contributed by atoms with E-state index in [1.54, 1.807) is 11.4 Å². The number of hydrogen-bond donors (Lipinski definition) is 1. The maximum Gasteiger partial charge on any atom is 0.292 e. The first kappa shape index (κ1) is 15.7. The van der Waals surface area contributed by atoms with Gasteiger partial charge in [0.05, 0.1) is 4.75 Å². The molecule has 0 bridgehead atoms. The molecular formula is C13H15BrF2N2OS2. The Balaban J connectivity index is 2.13. The van der Waals surface area contributed by atoms with Gasteiger partial charge in [0.25, 0.3) is 5.92 Å². The van der Waals surface area contributed by atoms with E-state index in [2.05, 4.69) is 20.9 Å². The second-order valence-electron chi connectivity index (χ2n) is 5.43. The van der Waals surface area contributed by atoms with E-state index in [1.807, 2.05) is 0 Å². The smallest absolute Gasteiger partial charge is 0.292 e. The van der Waals surface area contributed by atoms with Crippen LogP contribution < -0.4 is 5.73 Å². The first-order valence-corrected chi connectivity index (χ1v) is 9.04. The van der Waals surface area contributed by atoms with Crippen LogP contribution in [0, 0.1) is 0 Å². The lowest BCUT2D eigenvalue weighted by Gasteiger charge is -2.50. The van der Waals surface area contributed by atoms with E-state index in [1.165, 1.54) is 18.3 Å². The Morgan fingerprint density at radius 1 is 1.38 bits per heavy atom. The normalized spacial score (nSPS) is 31.1. The van der Waals surface area contributed by atoms with Crippen LogP contribution in [0.3, 0.4) is 0 Å². The molecular weight excluding hydrogens is 382 g/mol. The van der Waals surface area contributed by atoms with Crippen molar-refractivity contribution >= 4 is 44.2 Å². The van der Waals surface area contributed by atoms with Gasteiger partial charge in [0, 0.05) is 27.9 Å². The van der Waals surface area contributed by atoms with Crippen molar-refractivity contribution in [3.8, 4) is 0 Å². The molecule has 21 heavy (non-hydrogen) atoms. The number of alkyl halides is 2. The van der Waals surface area contributed by atoms with Crippen LogP contribution in [0.15, 0.2) is 20.9 Å². The van der Waals surface area contributed by atoms with Crippen LogP contribution in [0.2, 0.25) is 0 Å². The largest absolute Gasteiger partial charge is 0.381 e. The van der Waals surface area contributed by atoms with E-state index in [4.69, 9.17) is 10.5 Å². The van der Waals surface area contributed by atoms with Crippen molar-refractivity contribution in [2.45, 2.75) is 36.0 Å². The van der Waals surface area contributed by atoms with Gasteiger partial charge in [0.15, 0.2) is 10.7 Å². The van der Waals surface area contributed by atoms with E-state index in [9.17, 15) is 0 Å². The Kier molecular flexibility index (Phi) is 3.87. The molecule has 1 saturated heterocycles. The monoisotopic (exact) mass is 396 g/mol. The summed E-state index contributed by atoms with van der Waals surface area (Å²) in [6, 6.07) is 1.71. The van der Waals surface area contributed by atoms with Gasteiger partial charge in [0.1, 0.15) is 0 Å². The number of halogens is 3. The highest BCUT2D eigenvalue weighted by Crippen LogP contribution is 2.60. The van der Waals surface area contributed by atoms with Crippen molar-refractivity contribution in [3.63, 3.8) is 0 Å². The van der Waals surface area contributed by atoms with Crippen LogP contribution in [-0.4, -0.2) is 29.1 Å². The van der Waals surface area contributed by atoms with Crippen molar-refractivity contribution in [1.29, 1.82) is 0 Å². The van der Waals surface area contributed by atoms with Crippen LogP contribution >= 0.6 is 39.0 Å². The zero-order valence-corrected chi connectivity index (χ0v) is 14.6. The zero-order chi connectivity index (χ0) is 15.3. The van der Waals surface area contributed by atoms with E-state index in [-0.39, 0.29) is 18.0 Å². The van der Waals surface area contributed by atoms with Gasteiger partial charge in [-0.1, -0.05) is 11.8 Å². The third kappa shape index (κ3) is 2.26. The quantitative estimate of drug-likeness (QED) is 0.780. The summed E-state index contributed by atoms with van der Waals surface area (Å²) in [6.45, 7) is 2.15. The lowest BCUT2D eigenvalue weighted by Crippen LogP contribution is -2.62. The lowest BCUT2D eigenvalue weighted by molar-refractivity contribution is -0.127. The molecule has 3 nitrogen and oxygen atoms in total. The Labute approximate surface area is 138 Å². The molecule has 1 fully saturated rings. The number of ether oxygens (including phenoxy) is 1. The number of rotatable bonds is 1. The molecule has 0 radical (unpaired) electrons. The van der Waals surface area contributed by atoms with Gasteiger partial charge in [-0.25, -0.2) is 13.8 Å². The average Bonchev–Trinajstić information content (AvgIpc) is 2.85. The van der Waals surface area contributed by atoms with Crippen LogP contribution in [0.5, 0.6) is 0 Å². The highest BCUT2D eigenvalue weighted by atomic mass is 79.9. The number of hydrogen-bond acceptors (Lipinski definition) is 5. The van der Waals surface area contributed by atoms with E-state index < -0.39 is 16.2 Å². The van der Waals surface area contributed by atoms with E-state index >= 15 is 8.78 Å². The Morgan fingerprint density at radius 3 is 2.62 bits per heavy atom. The standard InChI is InChI=1S/C13H15BrF2N2OS2/c1-11(9-6-8(14)7-20-9)13(15,16)12(21-10(17)18-11)2-4-19-5-3-12/h6-7H,2-5H2,1H3,(H2,17,18). The molecule has 1 unspecified atom stereocenters. The molecule has 0 aromatic carbocycles. The van der Waals surface area contributed by atoms with Gasteiger partial charge >= 0.3 is 0 Å². The van der Waals surface area contributed by atoms with Gasteiger partial charge in [-0.3, -0.25) is 0 Å². The van der Waals surface area contributed by atoms with Crippen molar-refractivity contribution in [1.82, 2.24) is 0 Å². The molecule has 2 aliphatic rings. The van der Waals surface area contributed by atoms with Crippen LogP contribution in [0.25, 0.3) is 0 Å². The lowest BCUT2D eigenvalue weighted by atomic mass is 9.78. The second kappa shape index (κ2) is 5.18. The van der Waals surface area contributed by atoms with E-state index in [0.717, 1.165) is 16.2 Å². The first-order chi connectivity index (χ1) is 9.81. The summed E-state index contributed by atoms with van der Waals surface area (Å²) < 4.78 is 35.7. The number of nitrogens with two attached hydrogens (primary N) is 1. The Bertz CT molecular complexity index is 586. The summed E-state index contributed by atoms with van der Waals surface area (Å²) >= 11 is 5.61. The molecule has 1 spiro atoms. The maximum atomic E-state index is 15.4. The molecule has 2 N–H and O–H groups in total. The van der Waals surface area contributed by atoms with E-state index in [0.29, 0.717) is 18.1 Å². The molecule has 0 amide bonds. The van der Waals surface area contributed by atoms with Gasteiger partial charge in [-0.15, -0.1) is 11.3 Å². The van der Waals surface area contributed by atoms with Gasteiger partial charge < -0.3 is 10.5 Å². The van der Waals surface area contributed by atoms with Crippen molar-refractivity contribution in [3.05, 3.63) is 20.8 Å². The second-order valence-corrected chi connectivity index (χ2v) is 8.67. The fourth-order valence-electron chi connectivity index (χ4n) is 2.92. The van der Waals surface area contributed by atoms with Crippen molar-refractivity contribution in [2.24, 2.45) is 10.7 Å². The number of amidine groups is 1. The number of nitrogens with zero attached hydrogens (tertiary/aromatic N) is 1. The summed E-state index contributed by atoms with van der Waals surface area (Å²) in [5.74, 6) is -3.00. The topological polar surface area (TPSA) is 47.6 Å². The first-order valence-electron chi connectivity index (χ1n) is 6.55. The predicted molar refractivity (Wildman–Crippen MR) is 86.3 cm³/mol. The molecule has 0 saturated carbocycles. The highest BCUT2D eigenvalue weighted by molar-refractivity contribution is 9.10. The Hall–Kier alpha value is -0.180. The van der Waals surface area contributed by atoms with Crippen molar-refractivity contribution in [2.75, 3.05) is 13.2 Å². The predicted octanol–water partition coefficient (Wildman–Crippen LogP) is 3.97. The third-order valence-corrected chi connectivity index (χ3v) is 7.42. The van der Waals surface area contributed by atoms with Crippen molar-refractivity contribution < 1.29 is 13.5 Å². The zero-order valence-electron chi connectivity index (χ0n) is 11.4. The SMILES string of the molecule is CC1(c2cc(Br)cs2)N=C(N)SC2(CCOCC2)C1(F)F. The molecule has 1 aromatic rings. The highest BCUT2D eigenvalue weighted by Gasteiger charge is 2.68. The minimum Gasteiger partial charge on any atom is -0.381 e.